The third-order valence-electron chi connectivity index (χ3n) is 3.55. The van der Waals surface area contributed by atoms with Gasteiger partial charge in [0, 0.05) is 44.8 Å². The fourth-order valence-corrected chi connectivity index (χ4v) is 2.42. The number of para-hydroxylation sites is 1. The monoisotopic (exact) mass is 287 g/mol. The first kappa shape index (κ1) is 15.7. The van der Waals surface area contributed by atoms with Crippen molar-refractivity contribution in [1.82, 2.24) is 10.3 Å². The van der Waals surface area contributed by atoms with Crippen molar-refractivity contribution in [1.29, 1.82) is 0 Å². The zero-order valence-electron chi connectivity index (χ0n) is 13.2. The summed E-state index contributed by atoms with van der Waals surface area (Å²) in [5.41, 5.74) is 2.29. The van der Waals surface area contributed by atoms with E-state index >= 15 is 0 Å². The van der Waals surface area contributed by atoms with Crippen LogP contribution in [0.25, 0.3) is 10.9 Å². The Balaban J connectivity index is 2.28. The molecule has 2 rings (SSSR count). The second-order valence-corrected chi connectivity index (χ2v) is 5.21. The number of fused-ring (bicyclic) bond motifs is 1. The van der Waals surface area contributed by atoms with E-state index in [1.165, 1.54) is 10.9 Å². The third kappa shape index (κ3) is 4.16. The largest absolute Gasteiger partial charge is 0.385 e. The van der Waals surface area contributed by atoms with Crippen LogP contribution in [0.3, 0.4) is 0 Å². The molecular weight excluding hydrogens is 262 g/mol. The predicted molar refractivity (Wildman–Crippen MR) is 88.9 cm³/mol. The van der Waals surface area contributed by atoms with Crippen molar-refractivity contribution in [2.24, 2.45) is 0 Å². The van der Waals surface area contributed by atoms with Crippen LogP contribution in [0.5, 0.6) is 0 Å². The Morgan fingerprint density at radius 2 is 2.10 bits per heavy atom. The lowest BCUT2D eigenvalue weighted by Crippen LogP contribution is -2.24. The van der Waals surface area contributed by atoms with E-state index in [2.05, 4.69) is 48.5 Å². The topological polar surface area (TPSA) is 37.4 Å². The molecule has 2 aromatic rings. The summed E-state index contributed by atoms with van der Waals surface area (Å²) in [4.78, 5) is 7.07. The number of anilines is 1. The normalized spacial score (nSPS) is 11.0. The smallest absolute Gasteiger partial charge is 0.133 e. The van der Waals surface area contributed by atoms with Crippen LogP contribution >= 0.6 is 0 Å². The second-order valence-electron chi connectivity index (χ2n) is 5.21. The molecule has 0 atom stereocenters. The molecule has 1 aromatic heterocycles. The van der Waals surface area contributed by atoms with Gasteiger partial charge in [0.05, 0.1) is 5.52 Å². The quantitative estimate of drug-likeness (QED) is 0.758. The maximum atomic E-state index is 5.13. The van der Waals surface area contributed by atoms with E-state index in [0.717, 1.165) is 44.0 Å². The fourth-order valence-electron chi connectivity index (χ4n) is 2.42. The average Bonchev–Trinajstić information content (AvgIpc) is 2.52. The van der Waals surface area contributed by atoms with Crippen LogP contribution in [0, 0.1) is 0 Å². The van der Waals surface area contributed by atoms with Gasteiger partial charge >= 0.3 is 0 Å². The van der Waals surface area contributed by atoms with E-state index in [1.54, 1.807) is 7.11 Å². The van der Waals surface area contributed by atoms with Gasteiger partial charge in [-0.15, -0.1) is 0 Å². The molecule has 1 aromatic carbocycles. The Labute approximate surface area is 127 Å². The van der Waals surface area contributed by atoms with E-state index in [-0.39, 0.29) is 0 Å². The molecule has 1 heterocycles. The van der Waals surface area contributed by atoms with Crippen LogP contribution in [0.15, 0.2) is 30.3 Å². The van der Waals surface area contributed by atoms with E-state index in [1.807, 2.05) is 6.07 Å². The SMILES string of the molecule is CCNCc1cc2ccccc2nc1N(C)CCCOC. The third-order valence-corrected chi connectivity index (χ3v) is 3.55. The van der Waals surface area contributed by atoms with Gasteiger partial charge in [0.2, 0.25) is 0 Å². The number of nitrogens with zero attached hydrogens (tertiary/aromatic N) is 2. The average molecular weight is 287 g/mol. The molecule has 0 aliphatic heterocycles. The minimum atomic E-state index is 0.778. The summed E-state index contributed by atoms with van der Waals surface area (Å²) < 4.78 is 5.13. The maximum absolute atomic E-state index is 5.13. The number of benzene rings is 1. The summed E-state index contributed by atoms with van der Waals surface area (Å²) >= 11 is 0. The van der Waals surface area contributed by atoms with Gasteiger partial charge in [-0.05, 0) is 25.1 Å². The van der Waals surface area contributed by atoms with Crippen molar-refractivity contribution < 1.29 is 4.74 Å². The summed E-state index contributed by atoms with van der Waals surface area (Å²) in [6.45, 7) is 5.65. The van der Waals surface area contributed by atoms with Crippen molar-refractivity contribution in [3.8, 4) is 0 Å². The molecule has 0 bridgehead atoms. The highest BCUT2D eigenvalue weighted by Gasteiger charge is 2.10. The van der Waals surface area contributed by atoms with Gasteiger partial charge in [-0.1, -0.05) is 25.1 Å². The zero-order valence-corrected chi connectivity index (χ0v) is 13.2. The first-order valence-electron chi connectivity index (χ1n) is 7.55. The van der Waals surface area contributed by atoms with Gasteiger partial charge in [0.1, 0.15) is 5.82 Å². The van der Waals surface area contributed by atoms with Crippen LogP contribution < -0.4 is 10.2 Å². The highest BCUT2D eigenvalue weighted by atomic mass is 16.5. The first-order chi connectivity index (χ1) is 10.3. The van der Waals surface area contributed by atoms with Crippen LogP contribution in [-0.4, -0.2) is 38.8 Å². The van der Waals surface area contributed by atoms with Crippen molar-refractivity contribution >= 4 is 16.7 Å². The minimum absolute atomic E-state index is 0.778. The molecule has 21 heavy (non-hydrogen) atoms. The van der Waals surface area contributed by atoms with E-state index in [9.17, 15) is 0 Å². The predicted octanol–water partition coefficient (Wildman–Crippen LogP) is 2.82. The van der Waals surface area contributed by atoms with Crippen LogP contribution in [0.1, 0.15) is 18.9 Å². The molecule has 0 aliphatic carbocycles. The molecule has 0 fully saturated rings. The van der Waals surface area contributed by atoms with Crippen LogP contribution in [-0.2, 0) is 11.3 Å². The molecule has 0 saturated heterocycles. The van der Waals surface area contributed by atoms with Crippen molar-refractivity contribution in [2.75, 3.05) is 38.8 Å². The van der Waals surface area contributed by atoms with Gasteiger partial charge < -0.3 is 15.0 Å². The van der Waals surface area contributed by atoms with E-state index in [4.69, 9.17) is 9.72 Å². The summed E-state index contributed by atoms with van der Waals surface area (Å²) in [6, 6.07) is 10.5. The molecule has 0 unspecified atom stereocenters. The Morgan fingerprint density at radius 3 is 2.86 bits per heavy atom. The summed E-state index contributed by atoms with van der Waals surface area (Å²) in [5.74, 6) is 1.06. The number of hydrogen-bond acceptors (Lipinski definition) is 4. The Bertz CT molecular complexity index is 571. The number of methoxy groups -OCH3 is 1. The number of rotatable bonds is 8. The summed E-state index contributed by atoms with van der Waals surface area (Å²) in [7, 11) is 3.84. The Morgan fingerprint density at radius 1 is 1.29 bits per heavy atom. The molecule has 4 heteroatoms. The van der Waals surface area contributed by atoms with Gasteiger partial charge in [-0.2, -0.15) is 0 Å². The molecular formula is C17H25N3O. The number of nitrogens with one attached hydrogen (secondary N) is 1. The van der Waals surface area contributed by atoms with Crippen molar-refractivity contribution in [3.05, 3.63) is 35.9 Å². The molecule has 114 valence electrons. The highest BCUT2D eigenvalue weighted by Crippen LogP contribution is 2.23. The summed E-state index contributed by atoms with van der Waals surface area (Å²) in [6.07, 6.45) is 1.00. The lowest BCUT2D eigenvalue weighted by molar-refractivity contribution is 0.196. The van der Waals surface area contributed by atoms with Crippen LogP contribution in [0.2, 0.25) is 0 Å². The molecule has 4 nitrogen and oxygen atoms in total. The molecule has 0 saturated carbocycles. The maximum Gasteiger partial charge on any atom is 0.133 e. The van der Waals surface area contributed by atoms with Gasteiger partial charge in [-0.25, -0.2) is 4.98 Å². The molecule has 0 aliphatic rings. The molecule has 1 N–H and O–H groups in total. The molecule has 0 amide bonds. The van der Waals surface area contributed by atoms with Crippen molar-refractivity contribution in [2.45, 2.75) is 19.9 Å². The zero-order chi connectivity index (χ0) is 15.1. The van der Waals surface area contributed by atoms with Gasteiger partial charge in [-0.3, -0.25) is 0 Å². The fraction of sp³-hybridized carbons (Fsp3) is 0.471. The number of pyridine rings is 1. The minimum Gasteiger partial charge on any atom is -0.385 e. The lowest BCUT2D eigenvalue weighted by atomic mass is 10.1. The lowest BCUT2D eigenvalue weighted by Gasteiger charge is -2.22. The number of hydrogen-bond donors (Lipinski definition) is 1. The van der Waals surface area contributed by atoms with Crippen molar-refractivity contribution in [3.63, 3.8) is 0 Å². The second kappa shape index (κ2) is 7.96. The van der Waals surface area contributed by atoms with Gasteiger partial charge in [0.25, 0.3) is 0 Å². The molecule has 0 radical (unpaired) electrons. The standard InChI is InChI=1S/C17H25N3O/c1-4-18-13-15-12-14-8-5-6-9-16(14)19-17(15)20(2)10-7-11-21-3/h5-6,8-9,12,18H,4,7,10-11,13H2,1-3H3. The Hall–Kier alpha value is -1.65. The summed E-state index contributed by atoms with van der Waals surface area (Å²) in [5, 5.41) is 4.59. The Kier molecular flexibility index (Phi) is 5.96. The van der Waals surface area contributed by atoms with Crippen LogP contribution in [0.4, 0.5) is 5.82 Å². The number of aromatic nitrogens is 1. The number of ether oxygens (including phenoxy) is 1. The van der Waals surface area contributed by atoms with E-state index in [0.29, 0.717) is 0 Å². The molecule has 0 spiro atoms. The van der Waals surface area contributed by atoms with E-state index < -0.39 is 0 Å². The highest BCUT2D eigenvalue weighted by molar-refractivity contribution is 5.81. The first-order valence-corrected chi connectivity index (χ1v) is 7.55. The van der Waals surface area contributed by atoms with Gasteiger partial charge in [0.15, 0.2) is 0 Å².